The largest absolute Gasteiger partial charge is 0.398 e. The van der Waals surface area contributed by atoms with Gasteiger partial charge in [-0.15, -0.1) is 0 Å². The first-order valence-corrected chi connectivity index (χ1v) is 5.69. The molecular formula is C13H20N2. The van der Waals surface area contributed by atoms with Crippen LogP contribution in [-0.4, -0.2) is 19.0 Å². The van der Waals surface area contributed by atoms with E-state index in [1.165, 1.54) is 31.2 Å². The van der Waals surface area contributed by atoms with Crippen molar-refractivity contribution in [3.8, 4) is 0 Å². The molecule has 0 spiro atoms. The number of rotatable bonds is 2. The van der Waals surface area contributed by atoms with Gasteiger partial charge in [0, 0.05) is 11.2 Å². The van der Waals surface area contributed by atoms with Gasteiger partial charge in [0.2, 0.25) is 0 Å². The second-order valence-corrected chi connectivity index (χ2v) is 4.72. The monoisotopic (exact) mass is 204 g/mol. The standard InChI is InChI=1S/C13H20N2/c1-15(2)13(9-5-6-10-13)11-7-3-4-8-12(11)14/h3-4,7-8H,5-6,9-10,14H2,1-2H3. The molecule has 0 unspecified atom stereocenters. The Kier molecular flexibility index (Phi) is 2.70. The Bertz CT molecular complexity index is 338. The molecule has 1 aromatic carbocycles. The Morgan fingerprint density at radius 1 is 1.13 bits per heavy atom. The van der Waals surface area contributed by atoms with Crippen molar-refractivity contribution in [2.75, 3.05) is 19.8 Å². The Morgan fingerprint density at radius 3 is 2.27 bits per heavy atom. The lowest BCUT2D eigenvalue weighted by Crippen LogP contribution is -2.39. The maximum absolute atomic E-state index is 6.10. The number of nitrogens with two attached hydrogens (primary N) is 1. The molecule has 0 amide bonds. The number of hydrogen-bond acceptors (Lipinski definition) is 2. The molecule has 1 aliphatic rings. The molecule has 2 nitrogen and oxygen atoms in total. The molecular weight excluding hydrogens is 184 g/mol. The van der Waals surface area contributed by atoms with Crippen molar-refractivity contribution in [2.45, 2.75) is 31.2 Å². The third kappa shape index (κ3) is 1.63. The van der Waals surface area contributed by atoms with Crippen LogP contribution in [0.4, 0.5) is 5.69 Å². The van der Waals surface area contributed by atoms with Gasteiger partial charge in [-0.25, -0.2) is 0 Å². The van der Waals surface area contributed by atoms with Gasteiger partial charge in [0.25, 0.3) is 0 Å². The quantitative estimate of drug-likeness (QED) is 0.750. The van der Waals surface area contributed by atoms with Crippen LogP contribution in [0.5, 0.6) is 0 Å². The number of nitrogens with zero attached hydrogens (tertiary/aromatic N) is 1. The van der Waals surface area contributed by atoms with E-state index < -0.39 is 0 Å². The maximum Gasteiger partial charge on any atom is 0.0475 e. The molecule has 1 fully saturated rings. The third-order valence-corrected chi connectivity index (χ3v) is 3.75. The highest BCUT2D eigenvalue weighted by molar-refractivity contribution is 5.50. The zero-order valence-corrected chi connectivity index (χ0v) is 9.66. The zero-order valence-electron chi connectivity index (χ0n) is 9.66. The molecule has 1 saturated carbocycles. The topological polar surface area (TPSA) is 29.3 Å². The van der Waals surface area contributed by atoms with E-state index in [2.05, 4.69) is 31.1 Å². The summed E-state index contributed by atoms with van der Waals surface area (Å²) < 4.78 is 0. The van der Waals surface area contributed by atoms with Crippen molar-refractivity contribution < 1.29 is 0 Å². The molecule has 0 atom stereocenters. The van der Waals surface area contributed by atoms with Gasteiger partial charge in [0.05, 0.1) is 0 Å². The summed E-state index contributed by atoms with van der Waals surface area (Å²) in [6.45, 7) is 0. The van der Waals surface area contributed by atoms with E-state index in [4.69, 9.17) is 5.73 Å². The van der Waals surface area contributed by atoms with Crippen molar-refractivity contribution in [3.05, 3.63) is 29.8 Å². The number of para-hydroxylation sites is 1. The van der Waals surface area contributed by atoms with Crippen LogP contribution in [0.3, 0.4) is 0 Å². The van der Waals surface area contributed by atoms with Gasteiger partial charge in [-0.3, -0.25) is 4.90 Å². The van der Waals surface area contributed by atoms with Gasteiger partial charge in [0.15, 0.2) is 0 Å². The van der Waals surface area contributed by atoms with E-state index in [1.807, 2.05) is 12.1 Å². The molecule has 82 valence electrons. The molecule has 0 aromatic heterocycles. The van der Waals surface area contributed by atoms with Crippen LogP contribution >= 0.6 is 0 Å². The third-order valence-electron chi connectivity index (χ3n) is 3.75. The van der Waals surface area contributed by atoms with Crippen LogP contribution < -0.4 is 5.73 Å². The lowest BCUT2D eigenvalue weighted by atomic mass is 9.86. The van der Waals surface area contributed by atoms with E-state index >= 15 is 0 Å². The Hall–Kier alpha value is -1.02. The number of benzene rings is 1. The van der Waals surface area contributed by atoms with E-state index in [0.717, 1.165) is 5.69 Å². The zero-order chi connectivity index (χ0) is 10.9. The SMILES string of the molecule is CN(C)C1(c2ccccc2N)CCCC1. The summed E-state index contributed by atoms with van der Waals surface area (Å²) in [5, 5.41) is 0. The molecule has 2 rings (SSSR count). The molecule has 1 aromatic rings. The van der Waals surface area contributed by atoms with E-state index in [0.29, 0.717) is 0 Å². The minimum atomic E-state index is 0.186. The van der Waals surface area contributed by atoms with Crippen molar-refractivity contribution in [3.63, 3.8) is 0 Å². The fourth-order valence-electron chi connectivity index (χ4n) is 2.84. The summed E-state index contributed by atoms with van der Waals surface area (Å²) in [7, 11) is 4.33. The van der Waals surface area contributed by atoms with Gasteiger partial charge in [-0.05, 0) is 38.6 Å². The second-order valence-electron chi connectivity index (χ2n) is 4.72. The first-order valence-electron chi connectivity index (χ1n) is 5.69. The van der Waals surface area contributed by atoms with Crippen LogP contribution in [0.2, 0.25) is 0 Å². The lowest BCUT2D eigenvalue weighted by molar-refractivity contribution is 0.159. The van der Waals surface area contributed by atoms with Crippen molar-refractivity contribution >= 4 is 5.69 Å². The molecule has 2 heteroatoms. The minimum absolute atomic E-state index is 0.186. The lowest BCUT2D eigenvalue weighted by Gasteiger charge is -2.37. The molecule has 15 heavy (non-hydrogen) atoms. The Morgan fingerprint density at radius 2 is 1.73 bits per heavy atom. The van der Waals surface area contributed by atoms with Crippen molar-refractivity contribution in [1.82, 2.24) is 4.90 Å². The fraction of sp³-hybridized carbons (Fsp3) is 0.538. The second kappa shape index (κ2) is 3.86. The van der Waals surface area contributed by atoms with Gasteiger partial charge in [-0.2, -0.15) is 0 Å². The molecule has 0 aliphatic heterocycles. The number of anilines is 1. The van der Waals surface area contributed by atoms with Crippen LogP contribution in [0.15, 0.2) is 24.3 Å². The average Bonchev–Trinajstić information content (AvgIpc) is 2.68. The summed E-state index contributed by atoms with van der Waals surface area (Å²) >= 11 is 0. The highest BCUT2D eigenvalue weighted by Crippen LogP contribution is 2.44. The van der Waals surface area contributed by atoms with Crippen molar-refractivity contribution in [1.29, 1.82) is 0 Å². The van der Waals surface area contributed by atoms with Gasteiger partial charge in [-0.1, -0.05) is 31.0 Å². The van der Waals surface area contributed by atoms with E-state index in [-0.39, 0.29) is 5.54 Å². The minimum Gasteiger partial charge on any atom is -0.398 e. The van der Waals surface area contributed by atoms with Gasteiger partial charge < -0.3 is 5.73 Å². The summed E-state index contributed by atoms with van der Waals surface area (Å²) in [6.07, 6.45) is 5.08. The predicted octanol–water partition coefficient (Wildman–Crippen LogP) is 2.60. The van der Waals surface area contributed by atoms with Gasteiger partial charge >= 0.3 is 0 Å². The predicted molar refractivity (Wildman–Crippen MR) is 64.7 cm³/mol. The Labute approximate surface area is 92.1 Å². The average molecular weight is 204 g/mol. The molecule has 0 bridgehead atoms. The molecule has 1 aliphatic carbocycles. The molecule has 0 saturated heterocycles. The van der Waals surface area contributed by atoms with Crippen LogP contribution in [0.25, 0.3) is 0 Å². The Balaban J connectivity index is 2.46. The highest BCUT2D eigenvalue weighted by atomic mass is 15.1. The van der Waals surface area contributed by atoms with Gasteiger partial charge in [0.1, 0.15) is 0 Å². The highest BCUT2D eigenvalue weighted by Gasteiger charge is 2.38. The summed E-state index contributed by atoms with van der Waals surface area (Å²) in [4.78, 5) is 2.34. The fourth-order valence-corrected chi connectivity index (χ4v) is 2.84. The van der Waals surface area contributed by atoms with E-state index in [1.54, 1.807) is 0 Å². The number of nitrogen functional groups attached to an aromatic ring is 1. The van der Waals surface area contributed by atoms with E-state index in [9.17, 15) is 0 Å². The molecule has 2 N–H and O–H groups in total. The maximum atomic E-state index is 6.10. The molecule has 0 heterocycles. The smallest absolute Gasteiger partial charge is 0.0475 e. The summed E-state index contributed by atoms with van der Waals surface area (Å²) in [5.74, 6) is 0. The summed E-state index contributed by atoms with van der Waals surface area (Å²) in [5.41, 5.74) is 8.53. The van der Waals surface area contributed by atoms with Crippen LogP contribution in [-0.2, 0) is 5.54 Å². The normalized spacial score (nSPS) is 19.7. The first kappa shape index (κ1) is 10.5. The summed E-state index contributed by atoms with van der Waals surface area (Å²) in [6, 6.07) is 8.30. The first-order chi connectivity index (χ1) is 7.17. The van der Waals surface area contributed by atoms with Crippen LogP contribution in [0.1, 0.15) is 31.2 Å². The molecule has 0 radical (unpaired) electrons. The van der Waals surface area contributed by atoms with Crippen LogP contribution in [0, 0.1) is 0 Å². The van der Waals surface area contributed by atoms with Crippen molar-refractivity contribution in [2.24, 2.45) is 0 Å². The number of hydrogen-bond donors (Lipinski definition) is 1.